The summed E-state index contributed by atoms with van der Waals surface area (Å²) in [7, 11) is 5.13. The van der Waals surface area contributed by atoms with Gasteiger partial charge in [-0.25, -0.2) is 38.4 Å². The molecule has 0 N–H and O–H groups in total. The molecule has 9 rings (SSSR count). The van der Waals surface area contributed by atoms with Crippen LogP contribution in [0.15, 0.2) is 195 Å². The quantitative estimate of drug-likeness (QED) is 0.0453. The van der Waals surface area contributed by atoms with Gasteiger partial charge in [0.05, 0.1) is 52.6 Å². The van der Waals surface area contributed by atoms with E-state index in [0.29, 0.717) is 35.6 Å². The summed E-state index contributed by atoms with van der Waals surface area (Å²) in [6, 6.07) is 53.3. The zero-order chi connectivity index (χ0) is 68.9. The van der Waals surface area contributed by atoms with Crippen molar-refractivity contribution >= 4 is 47.8 Å². The van der Waals surface area contributed by atoms with Gasteiger partial charge in [0.15, 0.2) is 0 Å². The molecule has 6 atom stereocenters. The van der Waals surface area contributed by atoms with Crippen LogP contribution in [0.5, 0.6) is 0 Å². The van der Waals surface area contributed by atoms with E-state index < -0.39 is 71.2 Å². The van der Waals surface area contributed by atoms with E-state index in [1.807, 2.05) is 192 Å². The number of nitrogens with zero attached hydrogens (tertiary/aromatic N) is 4. The maximum atomic E-state index is 12.5. The van der Waals surface area contributed by atoms with Crippen LogP contribution in [0.4, 0.5) is 0 Å². The number of rotatable bonds is 22. The van der Waals surface area contributed by atoms with E-state index in [-0.39, 0.29) is 36.0 Å². The van der Waals surface area contributed by atoms with Crippen molar-refractivity contribution in [3.05, 3.63) is 240 Å². The second-order valence-electron chi connectivity index (χ2n) is 23.5. The fourth-order valence-electron chi connectivity index (χ4n) is 10.1. The summed E-state index contributed by atoms with van der Waals surface area (Å²) in [5.74, 6) is -4.65. The number of esters is 8. The molecule has 1 fully saturated rings. The average Bonchev–Trinajstić information content (AvgIpc) is 1.63. The largest absolute Gasteiger partial charge is 0.466 e. The number of ether oxygens (including phenoxy) is 8. The first-order valence-electron chi connectivity index (χ1n) is 30.9. The molecule has 0 unspecified atom stereocenters. The van der Waals surface area contributed by atoms with Crippen LogP contribution in [0.25, 0.3) is 0 Å². The number of hydrogen-bond acceptors (Lipinski definition) is 16. The van der Waals surface area contributed by atoms with Crippen molar-refractivity contribution in [1.82, 2.24) is 18.3 Å². The first kappa shape index (κ1) is 72.8. The molecule has 0 aliphatic heterocycles. The summed E-state index contributed by atoms with van der Waals surface area (Å²) >= 11 is 0. The van der Waals surface area contributed by atoms with Crippen LogP contribution in [0, 0.1) is 11.8 Å². The summed E-state index contributed by atoms with van der Waals surface area (Å²) in [5.41, 5.74) is 3.52. The molecule has 4 heterocycles. The lowest BCUT2D eigenvalue weighted by Gasteiger charge is -2.23. The smallest absolute Gasteiger partial charge is 0.356 e. The average molecular weight is 1290 g/mol. The lowest BCUT2D eigenvalue weighted by atomic mass is 10.1. The Balaban J connectivity index is 0.000000199. The summed E-state index contributed by atoms with van der Waals surface area (Å²) in [5, 5.41) is 0. The number of carbonyl (C=O) groups is 8. The topological polar surface area (TPSA) is 230 Å². The van der Waals surface area contributed by atoms with Gasteiger partial charge < -0.3 is 56.2 Å². The molecule has 0 saturated heterocycles. The zero-order valence-corrected chi connectivity index (χ0v) is 55.8. The fraction of sp³-hybridized carbons (Fsp3) is 0.351. The van der Waals surface area contributed by atoms with E-state index in [9.17, 15) is 38.4 Å². The molecule has 94 heavy (non-hydrogen) atoms. The monoisotopic (exact) mass is 1290 g/mol. The van der Waals surface area contributed by atoms with Gasteiger partial charge in [-0.2, -0.15) is 0 Å². The van der Waals surface area contributed by atoms with E-state index in [1.165, 1.54) is 42.3 Å². The van der Waals surface area contributed by atoms with Crippen LogP contribution < -0.4 is 0 Å². The molecule has 1 aliphatic rings. The van der Waals surface area contributed by atoms with Gasteiger partial charge in [0.1, 0.15) is 22.8 Å². The van der Waals surface area contributed by atoms with E-state index >= 15 is 0 Å². The van der Waals surface area contributed by atoms with Gasteiger partial charge in [0.25, 0.3) is 0 Å². The molecule has 0 spiro atoms. The van der Waals surface area contributed by atoms with Crippen LogP contribution >= 0.6 is 0 Å². The molecule has 498 valence electrons. The Labute approximate surface area is 549 Å². The zero-order valence-electron chi connectivity index (χ0n) is 55.8. The standard InChI is InChI=1S/2C19H23NO4.C18H19NO4.C18H21NO4/c2*1-13(2)17(19(22)23-4)24-18(21)16-11-8-12-20(16)14(3)15-9-6-5-7-10-15;1-13(14-7-4-3-5-8-14)19-12-6-9-15(19)16(20)23-18(10-11-18)17(21)22-2;1-13(14-9-6-5-7-10-14)19-12-8-11-15(19)16(20)23-18(2,3)17(21)22-4/h2*5-14,17H,1-4H3;3-9,12-13H,10-11H2,1-2H3;5-13H,1-4H3/t14-,17+;14-,17-;2*13-/m1111/s1. The third-order valence-corrected chi connectivity index (χ3v) is 15.9. The molecule has 8 aromatic rings. The van der Waals surface area contributed by atoms with Crippen molar-refractivity contribution in [1.29, 1.82) is 0 Å². The fourth-order valence-corrected chi connectivity index (χ4v) is 10.1. The Bertz CT molecular complexity index is 3530. The van der Waals surface area contributed by atoms with Gasteiger partial charge in [-0.1, -0.05) is 149 Å². The van der Waals surface area contributed by atoms with Gasteiger partial charge >= 0.3 is 47.8 Å². The third-order valence-electron chi connectivity index (χ3n) is 15.9. The van der Waals surface area contributed by atoms with Crippen molar-refractivity contribution in [2.45, 2.75) is 130 Å². The van der Waals surface area contributed by atoms with Crippen molar-refractivity contribution in [2.24, 2.45) is 11.8 Å². The highest BCUT2D eigenvalue weighted by Gasteiger charge is 2.56. The van der Waals surface area contributed by atoms with Crippen LogP contribution in [0.2, 0.25) is 0 Å². The van der Waals surface area contributed by atoms with E-state index in [1.54, 1.807) is 76.2 Å². The number of aromatic nitrogens is 4. The summed E-state index contributed by atoms with van der Waals surface area (Å²) in [6.07, 6.45) is 6.51. The maximum Gasteiger partial charge on any atom is 0.356 e. The third kappa shape index (κ3) is 18.7. The second kappa shape index (κ2) is 33.9. The van der Waals surface area contributed by atoms with Crippen molar-refractivity contribution < 1.29 is 76.3 Å². The summed E-state index contributed by atoms with van der Waals surface area (Å²) in [4.78, 5) is 97.0. The van der Waals surface area contributed by atoms with Gasteiger partial charge in [-0.3, -0.25) is 0 Å². The van der Waals surface area contributed by atoms with Crippen LogP contribution in [-0.2, 0) is 57.1 Å². The van der Waals surface area contributed by atoms with E-state index in [4.69, 9.17) is 33.2 Å². The first-order chi connectivity index (χ1) is 44.8. The molecule has 0 amide bonds. The highest BCUT2D eigenvalue weighted by Crippen LogP contribution is 2.41. The highest BCUT2D eigenvalue weighted by atomic mass is 16.6. The Morgan fingerprint density at radius 2 is 0.660 bits per heavy atom. The SMILES string of the molecule is COC(=O)C(C)(C)OC(=O)c1cccn1[C@H](C)c1ccccc1.COC(=O)C1(OC(=O)c2cccn2[C@H](C)c2ccccc2)CC1.COC(=O)[C@@H](OC(=O)c1cccn1[C@H](C)c1ccccc1)C(C)C.COC(=O)[C@H](OC(=O)c1cccn1[C@H](C)c1ccccc1)C(C)C. The Hall–Kier alpha value is -10.2. The minimum Gasteiger partial charge on any atom is -0.466 e. The number of hydrogen-bond donors (Lipinski definition) is 0. The summed E-state index contributed by atoms with van der Waals surface area (Å²) in [6.45, 7) is 18.3. The molecular formula is C74H86N4O16. The molecule has 0 bridgehead atoms. The Morgan fingerprint density at radius 1 is 0.372 bits per heavy atom. The molecule has 20 heteroatoms. The first-order valence-corrected chi connectivity index (χ1v) is 30.9. The minimum absolute atomic E-state index is 0.0120. The molecule has 4 aromatic heterocycles. The van der Waals surface area contributed by atoms with E-state index in [0.717, 1.165) is 22.3 Å². The number of methoxy groups -OCH3 is 4. The molecule has 20 nitrogen and oxygen atoms in total. The normalized spacial score (nSPS) is 13.9. The molecule has 4 aromatic carbocycles. The van der Waals surface area contributed by atoms with Crippen molar-refractivity contribution in [3.8, 4) is 0 Å². The second-order valence-corrected chi connectivity index (χ2v) is 23.5. The van der Waals surface area contributed by atoms with Crippen LogP contribution in [-0.4, -0.2) is 118 Å². The van der Waals surface area contributed by atoms with Crippen LogP contribution in [0.1, 0.15) is 170 Å². The Morgan fingerprint density at radius 3 is 0.915 bits per heavy atom. The van der Waals surface area contributed by atoms with E-state index in [2.05, 4.69) is 4.74 Å². The number of benzene rings is 4. The molecule has 1 aliphatic carbocycles. The van der Waals surface area contributed by atoms with Gasteiger partial charge in [0, 0.05) is 49.5 Å². The van der Waals surface area contributed by atoms with Gasteiger partial charge in [-0.05, 0) is 112 Å². The number of carbonyl (C=O) groups excluding carboxylic acids is 8. The molecular weight excluding hydrogens is 1200 g/mol. The lowest BCUT2D eigenvalue weighted by Crippen LogP contribution is -2.38. The van der Waals surface area contributed by atoms with Crippen LogP contribution in [0.3, 0.4) is 0 Å². The molecule has 1 saturated carbocycles. The predicted molar refractivity (Wildman–Crippen MR) is 352 cm³/mol. The Kier molecular flexibility index (Phi) is 26.3. The van der Waals surface area contributed by atoms with Crippen molar-refractivity contribution in [3.63, 3.8) is 0 Å². The van der Waals surface area contributed by atoms with Crippen molar-refractivity contribution in [2.75, 3.05) is 28.4 Å². The van der Waals surface area contributed by atoms with Gasteiger partial charge in [0.2, 0.25) is 23.4 Å². The molecule has 0 radical (unpaired) electrons. The minimum atomic E-state index is -1.34. The highest BCUT2D eigenvalue weighted by molar-refractivity contribution is 5.94. The summed E-state index contributed by atoms with van der Waals surface area (Å²) < 4.78 is 47.7. The predicted octanol–water partition coefficient (Wildman–Crippen LogP) is 13.1. The maximum absolute atomic E-state index is 12.5. The lowest BCUT2D eigenvalue weighted by molar-refractivity contribution is -0.159. The van der Waals surface area contributed by atoms with Gasteiger partial charge in [-0.15, -0.1) is 0 Å².